The number of hydrogen-bond acceptors (Lipinski definition) is 4. The largest absolute Gasteiger partial charge is 0.479 e. The van der Waals surface area contributed by atoms with E-state index in [1.807, 2.05) is 6.92 Å². The van der Waals surface area contributed by atoms with Crippen LogP contribution in [0.25, 0.3) is 0 Å². The van der Waals surface area contributed by atoms with Gasteiger partial charge in [-0.2, -0.15) is 0 Å². The van der Waals surface area contributed by atoms with E-state index in [1.54, 1.807) is 0 Å². The van der Waals surface area contributed by atoms with Crippen LogP contribution >= 0.6 is 0 Å². The van der Waals surface area contributed by atoms with Crippen LogP contribution in [-0.2, 0) is 14.3 Å². The highest BCUT2D eigenvalue weighted by Crippen LogP contribution is 1.95. The first-order valence-corrected chi connectivity index (χ1v) is 5.47. The monoisotopic (exact) mass is 215 g/mol. The minimum atomic E-state index is -0.433. The second kappa shape index (κ2) is 9.37. The Morgan fingerprint density at radius 2 is 1.67 bits per heavy atom. The van der Waals surface area contributed by atoms with Gasteiger partial charge in [0.25, 0.3) is 0 Å². The summed E-state index contributed by atoms with van der Waals surface area (Å²) in [6, 6.07) is 0. The predicted octanol–water partition coefficient (Wildman–Crippen LogP) is 1.95. The van der Waals surface area contributed by atoms with Gasteiger partial charge < -0.3 is 15.2 Å². The van der Waals surface area contributed by atoms with Gasteiger partial charge in [0.05, 0.1) is 19.3 Å². The maximum Gasteiger partial charge on any atom is 0.336 e. The van der Waals surface area contributed by atoms with E-state index in [0.717, 1.165) is 25.7 Å². The number of rotatable bonds is 8. The van der Waals surface area contributed by atoms with E-state index in [1.165, 1.54) is 6.08 Å². The highest BCUT2D eigenvalue weighted by Gasteiger charge is 2.00. The second-order valence-electron chi connectivity index (χ2n) is 3.27. The third kappa shape index (κ3) is 9.12. The number of carbonyl (C=O) groups is 1. The molecule has 0 radical (unpaired) electrons. The molecule has 0 aromatic rings. The summed E-state index contributed by atoms with van der Waals surface area (Å²) >= 11 is 0. The number of nitrogens with two attached hydrogens (primary N) is 1. The molecule has 0 spiro atoms. The molecule has 88 valence electrons. The summed E-state index contributed by atoms with van der Waals surface area (Å²) in [6.07, 6.45) is 5.02. The zero-order chi connectivity index (χ0) is 11.5. The Morgan fingerprint density at radius 1 is 1.13 bits per heavy atom. The van der Waals surface area contributed by atoms with Gasteiger partial charge in [0.15, 0.2) is 5.88 Å². The van der Waals surface area contributed by atoms with Crippen LogP contribution in [0.5, 0.6) is 0 Å². The quantitative estimate of drug-likeness (QED) is 0.291. The van der Waals surface area contributed by atoms with Crippen LogP contribution in [0.1, 0.15) is 39.5 Å². The molecular formula is C11H21NO3. The summed E-state index contributed by atoms with van der Waals surface area (Å²) in [6.45, 7) is 5.07. The molecule has 0 fully saturated rings. The minimum Gasteiger partial charge on any atom is -0.479 e. The van der Waals surface area contributed by atoms with Crippen molar-refractivity contribution in [1.29, 1.82) is 0 Å². The normalized spacial score (nSPS) is 11.2. The van der Waals surface area contributed by atoms with Crippen LogP contribution in [0.2, 0.25) is 0 Å². The van der Waals surface area contributed by atoms with Crippen molar-refractivity contribution in [3.63, 3.8) is 0 Å². The standard InChI is InChI=1S/C11H21NO3/c1-3-5-7-14-10(12)9-11(13)15-8-6-4-2/h9H,3-8,12H2,1-2H3. The lowest BCUT2D eigenvalue weighted by atomic mass is 10.4. The van der Waals surface area contributed by atoms with E-state index in [4.69, 9.17) is 15.2 Å². The van der Waals surface area contributed by atoms with Crippen molar-refractivity contribution in [2.75, 3.05) is 13.2 Å². The predicted molar refractivity (Wildman–Crippen MR) is 59.0 cm³/mol. The number of unbranched alkanes of at least 4 members (excludes halogenated alkanes) is 2. The van der Waals surface area contributed by atoms with E-state index in [9.17, 15) is 4.79 Å². The molecule has 0 heterocycles. The first kappa shape index (κ1) is 13.8. The van der Waals surface area contributed by atoms with Crippen LogP contribution < -0.4 is 5.73 Å². The van der Waals surface area contributed by atoms with E-state index >= 15 is 0 Å². The van der Waals surface area contributed by atoms with Gasteiger partial charge in [-0.1, -0.05) is 26.7 Å². The van der Waals surface area contributed by atoms with Gasteiger partial charge >= 0.3 is 5.97 Å². The summed E-state index contributed by atoms with van der Waals surface area (Å²) in [4.78, 5) is 11.1. The molecule has 0 aromatic carbocycles. The molecule has 0 saturated heterocycles. The minimum absolute atomic E-state index is 0.130. The molecule has 0 saturated carbocycles. The Balaban J connectivity index is 3.65. The number of hydrogen-bond donors (Lipinski definition) is 1. The maximum absolute atomic E-state index is 11.1. The fraction of sp³-hybridized carbons (Fsp3) is 0.727. The highest BCUT2D eigenvalue weighted by molar-refractivity contribution is 5.82. The van der Waals surface area contributed by atoms with Crippen LogP contribution in [-0.4, -0.2) is 19.2 Å². The zero-order valence-electron chi connectivity index (χ0n) is 9.62. The topological polar surface area (TPSA) is 61.5 Å². The SMILES string of the molecule is CCCCOC(=O)C=C(N)OCCCC. The summed E-state index contributed by atoms with van der Waals surface area (Å²) in [7, 11) is 0. The van der Waals surface area contributed by atoms with Gasteiger partial charge in [-0.25, -0.2) is 4.79 Å². The van der Waals surface area contributed by atoms with E-state index in [-0.39, 0.29) is 5.88 Å². The molecule has 0 rings (SSSR count). The summed E-state index contributed by atoms with van der Waals surface area (Å²) in [5.74, 6) is -0.303. The lowest BCUT2D eigenvalue weighted by Crippen LogP contribution is -2.10. The third-order valence-electron chi connectivity index (χ3n) is 1.77. The molecule has 4 heteroatoms. The number of ether oxygens (including phenoxy) is 2. The van der Waals surface area contributed by atoms with Gasteiger partial charge in [-0.3, -0.25) is 0 Å². The zero-order valence-corrected chi connectivity index (χ0v) is 9.62. The number of carbonyl (C=O) groups excluding carboxylic acids is 1. The maximum atomic E-state index is 11.1. The summed E-state index contributed by atoms with van der Waals surface area (Å²) in [5, 5.41) is 0. The van der Waals surface area contributed by atoms with Crippen molar-refractivity contribution in [3.05, 3.63) is 12.0 Å². The Bertz CT molecular complexity index is 202. The Hall–Kier alpha value is -1.19. The molecule has 0 aliphatic rings. The molecule has 4 nitrogen and oxygen atoms in total. The molecule has 0 aliphatic heterocycles. The van der Waals surface area contributed by atoms with Crippen LogP contribution in [0.4, 0.5) is 0 Å². The van der Waals surface area contributed by atoms with Crippen molar-refractivity contribution in [3.8, 4) is 0 Å². The first-order valence-electron chi connectivity index (χ1n) is 5.47. The third-order valence-corrected chi connectivity index (χ3v) is 1.77. The van der Waals surface area contributed by atoms with Crippen molar-refractivity contribution >= 4 is 5.97 Å². The molecule has 15 heavy (non-hydrogen) atoms. The van der Waals surface area contributed by atoms with Gasteiger partial charge in [-0.15, -0.1) is 0 Å². The summed E-state index contributed by atoms with van der Waals surface area (Å²) < 4.78 is 9.98. The molecule has 0 aliphatic carbocycles. The average Bonchev–Trinajstić information content (AvgIpc) is 2.18. The van der Waals surface area contributed by atoms with E-state index < -0.39 is 5.97 Å². The Kier molecular flexibility index (Phi) is 8.63. The van der Waals surface area contributed by atoms with Gasteiger partial charge in [-0.05, 0) is 12.8 Å². The molecule has 0 atom stereocenters. The molecule has 0 bridgehead atoms. The van der Waals surface area contributed by atoms with Crippen LogP contribution in [0.3, 0.4) is 0 Å². The summed E-state index contributed by atoms with van der Waals surface area (Å²) in [5.41, 5.74) is 5.46. The fourth-order valence-electron chi connectivity index (χ4n) is 0.851. The van der Waals surface area contributed by atoms with Gasteiger partial charge in [0.2, 0.25) is 0 Å². The second-order valence-corrected chi connectivity index (χ2v) is 3.27. The molecule has 0 aromatic heterocycles. The fourth-order valence-corrected chi connectivity index (χ4v) is 0.851. The van der Waals surface area contributed by atoms with E-state index in [0.29, 0.717) is 13.2 Å². The van der Waals surface area contributed by atoms with Crippen molar-refractivity contribution in [1.82, 2.24) is 0 Å². The average molecular weight is 215 g/mol. The molecular weight excluding hydrogens is 194 g/mol. The van der Waals surface area contributed by atoms with Crippen molar-refractivity contribution in [2.45, 2.75) is 39.5 Å². The lowest BCUT2D eigenvalue weighted by Gasteiger charge is -2.04. The van der Waals surface area contributed by atoms with Crippen LogP contribution in [0, 0.1) is 0 Å². The van der Waals surface area contributed by atoms with Crippen LogP contribution in [0.15, 0.2) is 12.0 Å². The molecule has 0 amide bonds. The number of esters is 1. The Labute approximate surface area is 91.4 Å². The molecule has 0 unspecified atom stereocenters. The van der Waals surface area contributed by atoms with Gasteiger partial charge in [0, 0.05) is 0 Å². The van der Waals surface area contributed by atoms with Gasteiger partial charge in [0.1, 0.15) is 0 Å². The van der Waals surface area contributed by atoms with Crippen molar-refractivity contribution in [2.24, 2.45) is 5.73 Å². The lowest BCUT2D eigenvalue weighted by molar-refractivity contribution is -0.138. The van der Waals surface area contributed by atoms with Crippen molar-refractivity contribution < 1.29 is 14.3 Å². The smallest absolute Gasteiger partial charge is 0.336 e. The Morgan fingerprint density at radius 3 is 2.20 bits per heavy atom. The highest BCUT2D eigenvalue weighted by atomic mass is 16.5. The first-order chi connectivity index (χ1) is 7.20. The van der Waals surface area contributed by atoms with E-state index in [2.05, 4.69) is 6.92 Å². The molecule has 2 N–H and O–H groups in total.